The van der Waals surface area contributed by atoms with Gasteiger partial charge >= 0.3 is 6.09 Å². The van der Waals surface area contributed by atoms with Crippen molar-refractivity contribution in [1.29, 1.82) is 0 Å². The van der Waals surface area contributed by atoms with Crippen LogP contribution >= 0.6 is 27.5 Å². The maximum absolute atomic E-state index is 12.2. The molecular weight excluding hydrogens is 332 g/mol. The van der Waals surface area contributed by atoms with Crippen molar-refractivity contribution in [3.63, 3.8) is 0 Å². The Hall–Kier alpha value is -0.810. The van der Waals surface area contributed by atoms with Crippen LogP contribution in [0.4, 0.5) is 10.5 Å². The fourth-order valence-corrected chi connectivity index (χ4v) is 1.74. The number of hydrogen-bond acceptors (Lipinski definition) is 3. The first-order valence-corrected chi connectivity index (χ1v) is 7.34. The molecule has 0 saturated carbocycles. The lowest BCUT2D eigenvalue weighted by molar-refractivity contribution is 0.0580. The Morgan fingerprint density at radius 2 is 2.16 bits per heavy atom. The molecule has 6 heteroatoms. The molecule has 19 heavy (non-hydrogen) atoms. The van der Waals surface area contributed by atoms with Crippen LogP contribution < -0.4 is 4.90 Å². The van der Waals surface area contributed by atoms with E-state index in [-0.39, 0.29) is 6.09 Å². The third kappa shape index (κ3) is 5.78. The van der Waals surface area contributed by atoms with Gasteiger partial charge in [0.25, 0.3) is 0 Å². The van der Waals surface area contributed by atoms with E-state index in [1.807, 2.05) is 26.8 Å². The summed E-state index contributed by atoms with van der Waals surface area (Å²) < 4.78 is 6.11. The maximum atomic E-state index is 12.2. The molecule has 0 radical (unpaired) electrons. The summed E-state index contributed by atoms with van der Waals surface area (Å²) in [6.45, 7) is 6.01. The highest BCUT2D eigenvalue weighted by atomic mass is 79.9. The van der Waals surface area contributed by atoms with Crippen LogP contribution in [0.1, 0.15) is 27.2 Å². The molecule has 0 aliphatic heterocycles. The summed E-state index contributed by atoms with van der Waals surface area (Å²) in [5.41, 5.74) is 0.168. The van der Waals surface area contributed by atoms with E-state index in [4.69, 9.17) is 16.3 Å². The third-order valence-corrected chi connectivity index (χ3v) is 2.89. The SMILES string of the molecule is CC(C)(C)OC(=O)N(CCCCl)c1ccc(Br)nc1. The zero-order valence-electron chi connectivity index (χ0n) is 11.3. The van der Waals surface area contributed by atoms with E-state index < -0.39 is 5.60 Å². The predicted octanol–water partition coefficient (Wildman–Crippen LogP) is 4.21. The Kier molecular flexibility index (Phi) is 6.07. The van der Waals surface area contributed by atoms with E-state index in [2.05, 4.69) is 20.9 Å². The second kappa shape index (κ2) is 7.10. The van der Waals surface area contributed by atoms with Gasteiger partial charge in [-0.2, -0.15) is 0 Å². The van der Waals surface area contributed by atoms with E-state index in [1.54, 1.807) is 17.2 Å². The highest BCUT2D eigenvalue weighted by molar-refractivity contribution is 9.10. The van der Waals surface area contributed by atoms with E-state index in [0.29, 0.717) is 24.5 Å². The summed E-state index contributed by atoms with van der Waals surface area (Å²) in [7, 11) is 0. The van der Waals surface area contributed by atoms with Crippen molar-refractivity contribution >= 4 is 39.3 Å². The molecular formula is C13H18BrClN2O2. The van der Waals surface area contributed by atoms with Gasteiger partial charge in [0.05, 0.1) is 11.9 Å². The van der Waals surface area contributed by atoms with Gasteiger partial charge in [-0.15, -0.1) is 11.6 Å². The van der Waals surface area contributed by atoms with Crippen LogP contribution in [0.5, 0.6) is 0 Å². The summed E-state index contributed by atoms with van der Waals surface area (Å²) in [5, 5.41) is 0. The number of anilines is 1. The molecule has 1 amide bonds. The molecule has 0 N–H and O–H groups in total. The Balaban J connectivity index is 2.87. The number of alkyl halides is 1. The number of aromatic nitrogens is 1. The largest absolute Gasteiger partial charge is 0.443 e. The van der Waals surface area contributed by atoms with Gasteiger partial charge in [-0.25, -0.2) is 9.78 Å². The number of ether oxygens (including phenoxy) is 1. The Bertz CT molecular complexity index is 418. The molecule has 1 aromatic rings. The van der Waals surface area contributed by atoms with Crippen molar-refractivity contribution in [3.05, 3.63) is 22.9 Å². The predicted molar refractivity (Wildman–Crippen MR) is 80.9 cm³/mol. The Morgan fingerprint density at radius 1 is 1.47 bits per heavy atom. The second-order valence-corrected chi connectivity index (χ2v) is 6.20. The summed E-state index contributed by atoms with van der Waals surface area (Å²) in [6.07, 6.45) is 1.93. The maximum Gasteiger partial charge on any atom is 0.414 e. The smallest absolute Gasteiger partial charge is 0.414 e. The minimum Gasteiger partial charge on any atom is -0.443 e. The van der Waals surface area contributed by atoms with Crippen LogP contribution in [-0.4, -0.2) is 29.1 Å². The number of hydrogen-bond donors (Lipinski definition) is 0. The van der Waals surface area contributed by atoms with E-state index >= 15 is 0 Å². The molecule has 1 heterocycles. The molecule has 0 atom stereocenters. The number of pyridine rings is 1. The molecule has 4 nitrogen and oxygen atoms in total. The first-order valence-electron chi connectivity index (χ1n) is 6.01. The van der Waals surface area contributed by atoms with Gasteiger partial charge in [-0.1, -0.05) is 0 Å². The molecule has 0 aliphatic rings. The van der Waals surface area contributed by atoms with Crippen molar-refractivity contribution in [2.45, 2.75) is 32.8 Å². The van der Waals surface area contributed by atoms with Crippen molar-refractivity contribution in [1.82, 2.24) is 4.98 Å². The van der Waals surface area contributed by atoms with Gasteiger partial charge in [0, 0.05) is 12.4 Å². The minimum atomic E-state index is -0.529. The zero-order valence-corrected chi connectivity index (χ0v) is 13.7. The number of nitrogens with zero attached hydrogens (tertiary/aromatic N) is 2. The summed E-state index contributed by atoms with van der Waals surface area (Å²) in [5.74, 6) is 0.489. The fourth-order valence-electron chi connectivity index (χ4n) is 1.39. The van der Waals surface area contributed by atoms with Gasteiger partial charge in [-0.05, 0) is 55.3 Å². The lowest BCUT2D eigenvalue weighted by Crippen LogP contribution is -2.37. The van der Waals surface area contributed by atoms with Gasteiger partial charge < -0.3 is 4.74 Å². The Labute approximate surface area is 127 Å². The van der Waals surface area contributed by atoms with Crippen LogP contribution in [0.25, 0.3) is 0 Å². The number of amides is 1. The lowest BCUT2D eigenvalue weighted by atomic mass is 10.2. The molecule has 0 aliphatic carbocycles. The quantitative estimate of drug-likeness (QED) is 0.604. The van der Waals surface area contributed by atoms with Crippen molar-refractivity contribution in [2.75, 3.05) is 17.3 Å². The van der Waals surface area contributed by atoms with E-state index in [1.165, 1.54) is 0 Å². The third-order valence-electron chi connectivity index (χ3n) is 2.15. The molecule has 0 unspecified atom stereocenters. The molecule has 0 fully saturated rings. The average Bonchev–Trinajstić information content (AvgIpc) is 2.29. The van der Waals surface area contributed by atoms with Crippen molar-refractivity contribution in [2.24, 2.45) is 0 Å². The van der Waals surface area contributed by atoms with Crippen LogP contribution in [0.2, 0.25) is 0 Å². The summed E-state index contributed by atoms with van der Waals surface area (Å²) >= 11 is 8.96. The highest BCUT2D eigenvalue weighted by Gasteiger charge is 2.23. The standard InChI is InChI=1S/C13H18BrClN2O2/c1-13(2,3)19-12(18)17(8-4-7-15)10-5-6-11(14)16-9-10/h5-6,9H,4,7-8H2,1-3H3. The molecule has 1 rings (SSSR count). The zero-order chi connectivity index (χ0) is 14.5. The van der Waals surface area contributed by atoms with Gasteiger partial charge in [0.1, 0.15) is 10.2 Å². The number of carbonyl (C=O) groups excluding carboxylic acids is 1. The van der Waals surface area contributed by atoms with Gasteiger partial charge in [0.15, 0.2) is 0 Å². The van der Waals surface area contributed by atoms with Crippen LogP contribution in [0.15, 0.2) is 22.9 Å². The van der Waals surface area contributed by atoms with Gasteiger partial charge in [-0.3, -0.25) is 4.90 Å². The number of carbonyl (C=O) groups is 1. The molecule has 1 aromatic heterocycles. The monoisotopic (exact) mass is 348 g/mol. The van der Waals surface area contributed by atoms with Crippen molar-refractivity contribution in [3.8, 4) is 0 Å². The molecule has 0 aromatic carbocycles. The summed E-state index contributed by atoms with van der Waals surface area (Å²) in [4.78, 5) is 17.8. The molecule has 106 valence electrons. The molecule has 0 bridgehead atoms. The van der Waals surface area contributed by atoms with Crippen LogP contribution in [0.3, 0.4) is 0 Å². The highest BCUT2D eigenvalue weighted by Crippen LogP contribution is 2.19. The molecule has 0 spiro atoms. The first kappa shape index (κ1) is 16.2. The van der Waals surface area contributed by atoms with E-state index in [0.717, 1.165) is 4.60 Å². The van der Waals surface area contributed by atoms with E-state index in [9.17, 15) is 4.79 Å². The number of rotatable bonds is 4. The Morgan fingerprint density at radius 3 is 2.63 bits per heavy atom. The summed E-state index contributed by atoms with van der Waals surface area (Å²) in [6, 6.07) is 3.60. The topological polar surface area (TPSA) is 42.4 Å². The van der Waals surface area contributed by atoms with Crippen LogP contribution in [-0.2, 0) is 4.74 Å². The average molecular weight is 350 g/mol. The fraction of sp³-hybridized carbons (Fsp3) is 0.538. The number of halogens is 2. The first-order chi connectivity index (χ1) is 8.83. The van der Waals surface area contributed by atoms with Gasteiger partial charge in [0.2, 0.25) is 0 Å². The van der Waals surface area contributed by atoms with Crippen LogP contribution in [0, 0.1) is 0 Å². The van der Waals surface area contributed by atoms with Crippen molar-refractivity contribution < 1.29 is 9.53 Å². The molecule has 0 saturated heterocycles. The minimum absolute atomic E-state index is 0.387. The normalized spacial score (nSPS) is 11.2. The second-order valence-electron chi connectivity index (χ2n) is 5.01. The lowest BCUT2D eigenvalue weighted by Gasteiger charge is -2.27.